The largest absolute Gasteiger partial charge is 0.361 e. The summed E-state index contributed by atoms with van der Waals surface area (Å²) in [6.45, 7) is 7.90. The van der Waals surface area contributed by atoms with E-state index in [0.717, 1.165) is 27.6 Å². The molecule has 0 saturated heterocycles. The molecule has 0 bridgehead atoms. The van der Waals surface area contributed by atoms with Gasteiger partial charge in [0.1, 0.15) is 5.82 Å². The van der Waals surface area contributed by atoms with E-state index in [4.69, 9.17) is 0 Å². The molecule has 0 unspecified atom stereocenters. The number of benzene rings is 2. The van der Waals surface area contributed by atoms with Crippen molar-refractivity contribution >= 4 is 20.9 Å². The molecule has 0 aliphatic rings. The van der Waals surface area contributed by atoms with Gasteiger partial charge in [-0.15, -0.1) is 0 Å². The molecule has 0 aliphatic carbocycles. The number of aromatic amines is 1. The number of nitrogens with one attached hydrogen (secondary N) is 2. The molecule has 0 aliphatic heterocycles. The smallest absolute Gasteiger partial charge is 0.240 e. The average molecular weight is 374 g/mol. The second-order valence-corrected chi connectivity index (χ2v) is 9.11. The lowest BCUT2D eigenvalue weighted by atomic mass is 9.85. The molecule has 3 rings (SSSR count). The van der Waals surface area contributed by atoms with Crippen LogP contribution in [0.4, 0.5) is 4.39 Å². The Morgan fingerprint density at radius 2 is 1.81 bits per heavy atom. The van der Waals surface area contributed by atoms with Crippen molar-refractivity contribution in [2.45, 2.75) is 38.0 Å². The Morgan fingerprint density at radius 1 is 1.08 bits per heavy atom. The molecule has 0 saturated carbocycles. The fourth-order valence-corrected chi connectivity index (χ4v) is 4.28. The molecule has 2 N–H and O–H groups in total. The molecule has 1 heterocycles. The quantitative estimate of drug-likeness (QED) is 0.704. The second-order valence-electron chi connectivity index (χ2n) is 7.35. The summed E-state index contributed by atoms with van der Waals surface area (Å²) in [5, 5.41) is 0.764. The summed E-state index contributed by atoms with van der Waals surface area (Å²) >= 11 is 0. The van der Waals surface area contributed by atoms with Crippen molar-refractivity contribution in [2.24, 2.45) is 0 Å². The fraction of sp³-hybridized carbons (Fsp3) is 0.300. The minimum atomic E-state index is -3.62. The SMILES string of the molecule is Cc1ccc(S(=O)(=O)NCC(C)(C)c2c[nH]c3ccc(F)cc23)cc1C. The Kier molecular flexibility index (Phi) is 4.67. The first-order valence-electron chi connectivity index (χ1n) is 8.44. The first-order chi connectivity index (χ1) is 12.1. The van der Waals surface area contributed by atoms with E-state index < -0.39 is 15.4 Å². The normalized spacial score (nSPS) is 12.7. The van der Waals surface area contributed by atoms with Gasteiger partial charge in [0.25, 0.3) is 0 Å². The van der Waals surface area contributed by atoms with Gasteiger partial charge in [0.05, 0.1) is 4.90 Å². The van der Waals surface area contributed by atoms with Crippen molar-refractivity contribution in [1.29, 1.82) is 0 Å². The van der Waals surface area contributed by atoms with Gasteiger partial charge in [-0.25, -0.2) is 17.5 Å². The first-order valence-corrected chi connectivity index (χ1v) is 9.92. The van der Waals surface area contributed by atoms with Crippen molar-refractivity contribution in [3.05, 3.63) is 65.1 Å². The zero-order valence-electron chi connectivity index (χ0n) is 15.4. The van der Waals surface area contributed by atoms with Crippen LogP contribution in [0.15, 0.2) is 47.5 Å². The predicted octanol–water partition coefficient (Wildman–Crippen LogP) is 4.18. The van der Waals surface area contributed by atoms with E-state index in [-0.39, 0.29) is 17.3 Å². The zero-order chi connectivity index (χ0) is 19.1. The summed E-state index contributed by atoms with van der Waals surface area (Å²) in [5.41, 5.74) is 3.16. The van der Waals surface area contributed by atoms with Crippen LogP contribution in [0, 0.1) is 19.7 Å². The van der Waals surface area contributed by atoms with E-state index >= 15 is 0 Å². The molecule has 138 valence electrons. The summed E-state index contributed by atoms with van der Waals surface area (Å²) in [5.74, 6) is -0.315. The maximum absolute atomic E-state index is 13.6. The molecule has 0 amide bonds. The number of aryl methyl sites for hydroxylation is 2. The number of fused-ring (bicyclic) bond motifs is 1. The van der Waals surface area contributed by atoms with E-state index in [1.165, 1.54) is 12.1 Å². The van der Waals surface area contributed by atoms with Crippen LogP contribution in [0.25, 0.3) is 10.9 Å². The minimum absolute atomic E-state index is 0.200. The van der Waals surface area contributed by atoms with Crippen molar-refractivity contribution < 1.29 is 12.8 Å². The van der Waals surface area contributed by atoms with Crippen LogP contribution in [0.3, 0.4) is 0 Å². The maximum Gasteiger partial charge on any atom is 0.240 e. The van der Waals surface area contributed by atoms with Crippen molar-refractivity contribution in [1.82, 2.24) is 9.71 Å². The summed E-state index contributed by atoms with van der Waals surface area (Å²) in [6.07, 6.45) is 1.81. The Balaban J connectivity index is 1.87. The van der Waals surface area contributed by atoms with Crippen LogP contribution < -0.4 is 4.72 Å². The third kappa shape index (κ3) is 3.52. The average Bonchev–Trinajstić information content (AvgIpc) is 2.99. The predicted molar refractivity (Wildman–Crippen MR) is 102 cm³/mol. The molecule has 1 aromatic heterocycles. The molecule has 2 aromatic carbocycles. The highest BCUT2D eigenvalue weighted by Crippen LogP contribution is 2.31. The Morgan fingerprint density at radius 3 is 2.50 bits per heavy atom. The topological polar surface area (TPSA) is 62.0 Å². The zero-order valence-corrected chi connectivity index (χ0v) is 16.2. The molecule has 0 radical (unpaired) electrons. The molecular weight excluding hydrogens is 351 g/mol. The number of H-pyrrole nitrogens is 1. The molecule has 6 heteroatoms. The van der Waals surface area contributed by atoms with Gasteiger partial charge in [0.15, 0.2) is 0 Å². The highest BCUT2D eigenvalue weighted by molar-refractivity contribution is 7.89. The molecule has 26 heavy (non-hydrogen) atoms. The van der Waals surface area contributed by atoms with Crippen LogP contribution >= 0.6 is 0 Å². The van der Waals surface area contributed by atoms with Crippen molar-refractivity contribution in [3.63, 3.8) is 0 Å². The Hall–Kier alpha value is -2.18. The Bertz CT molecular complexity index is 1070. The lowest BCUT2D eigenvalue weighted by Gasteiger charge is -2.25. The molecule has 0 spiro atoms. The maximum atomic E-state index is 13.6. The summed E-state index contributed by atoms with van der Waals surface area (Å²) < 4.78 is 41.6. The third-order valence-electron chi connectivity index (χ3n) is 4.87. The van der Waals surface area contributed by atoms with Gasteiger partial charge < -0.3 is 4.98 Å². The van der Waals surface area contributed by atoms with Gasteiger partial charge in [-0.1, -0.05) is 19.9 Å². The van der Waals surface area contributed by atoms with Crippen LogP contribution in [0.1, 0.15) is 30.5 Å². The fourth-order valence-electron chi connectivity index (χ4n) is 2.99. The number of rotatable bonds is 5. The lowest BCUT2D eigenvalue weighted by Crippen LogP contribution is -2.36. The highest BCUT2D eigenvalue weighted by atomic mass is 32.2. The number of hydrogen-bond donors (Lipinski definition) is 2. The van der Waals surface area contributed by atoms with E-state index in [0.29, 0.717) is 0 Å². The summed E-state index contributed by atoms with van der Waals surface area (Å²) in [6, 6.07) is 9.64. The molecule has 4 nitrogen and oxygen atoms in total. The van der Waals surface area contributed by atoms with Gasteiger partial charge in [-0.2, -0.15) is 0 Å². The minimum Gasteiger partial charge on any atom is -0.361 e. The van der Waals surface area contributed by atoms with Crippen molar-refractivity contribution in [2.75, 3.05) is 6.54 Å². The first kappa shape index (κ1) is 18.6. The molecule has 0 atom stereocenters. The molecule has 3 aromatic rings. The van der Waals surface area contributed by atoms with Crippen molar-refractivity contribution in [3.8, 4) is 0 Å². The van der Waals surface area contributed by atoms with Crippen LogP contribution in [0.2, 0.25) is 0 Å². The van der Waals surface area contributed by atoms with E-state index in [1.807, 2.05) is 33.9 Å². The van der Waals surface area contributed by atoms with Crippen LogP contribution in [-0.4, -0.2) is 19.9 Å². The monoisotopic (exact) mass is 374 g/mol. The second kappa shape index (κ2) is 6.52. The Labute approximate surface area is 153 Å². The van der Waals surface area contributed by atoms with Crippen LogP contribution in [0.5, 0.6) is 0 Å². The summed E-state index contributed by atoms with van der Waals surface area (Å²) in [7, 11) is -3.62. The molecule has 0 fully saturated rings. The number of hydrogen-bond acceptors (Lipinski definition) is 2. The standard InChI is InChI=1S/C20H23FN2O2S/c1-13-5-7-16(9-14(13)2)26(24,25)23-12-20(3,4)18-11-22-19-8-6-15(21)10-17(18)19/h5-11,22-23H,12H2,1-4H3. The van der Waals surface area contributed by atoms with E-state index in [9.17, 15) is 12.8 Å². The van der Waals surface area contributed by atoms with Gasteiger partial charge in [0, 0.05) is 29.1 Å². The van der Waals surface area contributed by atoms with Gasteiger partial charge in [-0.05, 0) is 60.9 Å². The number of sulfonamides is 1. The van der Waals surface area contributed by atoms with E-state index in [2.05, 4.69) is 9.71 Å². The highest BCUT2D eigenvalue weighted by Gasteiger charge is 2.27. The van der Waals surface area contributed by atoms with Gasteiger partial charge in [0.2, 0.25) is 10.0 Å². The summed E-state index contributed by atoms with van der Waals surface area (Å²) in [4.78, 5) is 3.37. The van der Waals surface area contributed by atoms with Crippen LogP contribution in [-0.2, 0) is 15.4 Å². The number of halogens is 1. The number of aromatic nitrogens is 1. The van der Waals surface area contributed by atoms with Gasteiger partial charge in [-0.3, -0.25) is 0 Å². The molecular formula is C20H23FN2O2S. The van der Waals surface area contributed by atoms with Gasteiger partial charge >= 0.3 is 0 Å². The lowest BCUT2D eigenvalue weighted by molar-refractivity contribution is 0.504. The van der Waals surface area contributed by atoms with E-state index in [1.54, 1.807) is 24.3 Å². The third-order valence-corrected chi connectivity index (χ3v) is 6.26.